The summed E-state index contributed by atoms with van der Waals surface area (Å²) in [6.45, 7) is 7.98. The maximum atomic E-state index is 13.2. The molecule has 7 heteroatoms. The number of para-hydroxylation sites is 2. The molecule has 1 amide bonds. The third kappa shape index (κ3) is 5.08. The molecule has 3 aromatic rings. The molecule has 174 valence electrons. The number of imidazole rings is 1. The van der Waals surface area contributed by atoms with Gasteiger partial charge in [0.25, 0.3) is 0 Å². The number of hydrogen-bond acceptors (Lipinski definition) is 4. The van der Waals surface area contributed by atoms with E-state index in [0.29, 0.717) is 11.9 Å². The Morgan fingerprint density at radius 2 is 1.91 bits per heavy atom. The van der Waals surface area contributed by atoms with Gasteiger partial charge in [0.05, 0.1) is 23.5 Å². The van der Waals surface area contributed by atoms with E-state index in [-0.39, 0.29) is 5.92 Å². The molecule has 0 unspecified atom stereocenters. The van der Waals surface area contributed by atoms with Crippen molar-refractivity contribution in [2.24, 2.45) is 5.92 Å². The molecule has 0 bridgehead atoms. The molecule has 2 atom stereocenters. The molecule has 33 heavy (non-hydrogen) atoms. The Hall–Kier alpha value is -2.41. The van der Waals surface area contributed by atoms with Crippen molar-refractivity contribution < 1.29 is 4.79 Å². The van der Waals surface area contributed by atoms with Crippen LogP contribution in [0.4, 0.5) is 0 Å². The van der Waals surface area contributed by atoms with Gasteiger partial charge in [0.15, 0.2) is 0 Å². The highest BCUT2D eigenvalue weighted by molar-refractivity contribution is 6.30. The van der Waals surface area contributed by atoms with Gasteiger partial charge in [-0.25, -0.2) is 4.98 Å². The first kappa shape index (κ1) is 22.4. The topological polar surface area (TPSA) is 53.4 Å². The molecule has 0 aliphatic carbocycles. The Morgan fingerprint density at radius 1 is 1.09 bits per heavy atom. The molecule has 3 heterocycles. The Labute approximate surface area is 200 Å². The second-order valence-corrected chi connectivity index (χ2v) is 9.88. The minimum absolute atomic E-state index is 0.0816. The quantitative estimate of drug-likeness (QED) is 0.623. The van der Waals surface area contributed by atoms with Crippen LogP contribution >= 0.6 is 11.6 Å². The van der Waals surface area contributed by atoms with Crippen LogP contribution in [0, 0.1) is 5.92 Å². The highest BCUT2D eigenvalue weighted by Gasteiger charge is 2.31. The molecule has 2 aromatic carbocycles. The van der Waals surface area contributed by atoms with E-state index in [1.807, 2.05) is 18.2 Å². The standard InChI is InChI=1S/C26H32ClN5O/c1-19-15-31(14-12-28-19)26(33)21-5-4-13-30(17-21)18-25-29-23-6-2-3-7-24(23)32(25)16-20-8-10-22(27)11-9-20/h2-3,6-11,19,21,28H,4-5,12-18H2,1H3/t19-,21+/m1/s1. The first-order valence-corrected chi connectivity index (χ1v) is 12.4. The molecule has 2 aliphatic heterocycles. The van der Waals surface area contributed by atoms with Crippen LogP contribution in [0.5, 0.6) is 0 Å². The number of hydrogen-bond donors (Lipinski definition) is 1. The number of nitrogens with zero attached hydrogens (tertiary/aromatic N) is 4. The van der Waals surface area contributed by atoms with Crippen molar-refractivity contribution in [3.63, 3.8) is 0 Å². The van der Waals surface area contributed by atoms with Gasteiger partial charge < -0.3 is 14.8 Å². The predicted molar refractivity (Wildman–Crippen MR) is 132 cm³/mol. The molecular formula is C26H32ClN5O. The summed E-state index contributed by atoms with van der Waals surface area (Å²) >= 11 is 6.09. The average molecular weight is 466 g/mol. The fraction of sp³-hybridized carbons (Fsp3) is 0.462. The van der Waals surface area contributed by atoms with Crippen LogP contribution < -0.4 is 5.32 Å². The van der Waals surface area contributed by atoms with Gasteiger partial charge in [-0.3, -0.25) is 9.69 Å². The van der Waals surface area contributed by atoms with Crippen LogP contribution in [-0.4, -0.2) is 64.0 Å². The van der Waals surface area contributed by atoms with Crippen molar-refractivity contribution in [2.75, 3.05) is 32.7 Å². The summed E-state index contributed by atoms with van der Waals surface area (Å²) in [5.74, 6) is 1.45. The minimum atomic E-state index is 0.0816. The van der Waals surface area contributed by atoms with Crippen LogP contribution in [0.15, 0.2) is 48.5 Å². The zero-order valence-corrected chi connectivity index (χ0v) is 20.0. The molecule has 0 radical (unpaired) electrons. The van der Waals surface area contributed by atoms with Crippen molar-refractivity contribution in [1.29, 1.82) is 0 Å². The van der Waals surface area contributed by atoms with E-state index >= 15 is 0 Å². The number of aromatic nitrogens is 2. The highest BCUT2D eigenvalue weighted by atomic mass is 35.5. The normalized spacial score (nSPS) is 22.1. The van der Waals surface area contributed by atoms with E-state index in [0.717, 1.165) is 80.5 Å². The average Bonchev–Trinajstić information content (AvgIpc) is 3.17. The first-order chi connectivity index (χ1) is 16.1. The summed E-state index contributed by atoms with van der Waals surface area (Å²) in [7, 11) is 0. The maximum Gasteiger partial charge on any atom is 0.227 e. The third-order valence-corrected chi connectivity index (χ3v) is 7.14. The van der Waals surface area contributed by atoms with Gasteiger partial charge in [0.2, 0.25) is 5.91 Å². The van der Waals surface area contributed by atoms with Gasteiger partial charge in [-0.2, -0.15) is 0 Å². The Bertz CT molecular complexity index is 1110. The lowest BCUT2D eigenvalue weighted by Crippen LogP contribution is -2.54. The van der Waals surface area contributed by atoms with Crippen LogP contribution in [0.25, 0.3) is 11.0 Å². The van der Waals surface area contributed by atoms with Crippen LogP contribution in [0.3, 0.4) is 0 Å². The zero-order chi connectivity index (χ0) is 22.8. The minimum Gasteiger partial charge on any atom is -0.340 e. The number of nitrogens with one attached hydrogen (secondary N) is 1. The van der Waals surface area contributed by atoms with E-state index in [9.17, 15) is 4.79 Å². The fourth-order valence-electron chi connectivity index (χ4n) is 5.19. The van der Waals surface area contributed by atoms with Gasteiger partial charge in [0.1, 0.15) is 5.82 Å². The summed E-state index contributed by atoms with van der Waals surface area (Å²) in [4.78, 5) is 22.7. The monoisotopic (exact) mass is 465 g/mol. The third-order valence-electron chi connectivity index (χ3n) is 6.89. The molecule has 2 saturated heterocycles. The van der Waals surface area contributed by atoms with E-state index in [4.69, 9.17) is 16.6 Å². The molecule has 0 spiro atoms. The van der Waals surface area contributed by atoms with E-state index in [1.54, 1.807) is 0 Å². The van der Waals surface area contributed by atoms with Crippen molar-refractivity contribution in [2.45, 2.75) is 38.9 Å². The maximum absolute atomic E-state index is 13.2. The largest absolute Gasteiger partial charge is 0.340 e. The molecule has 6 nitrogen and oxygen atoms in total. The number of fused-ring (bicyclic) bond motifs is 1. The zero-order valence-electron chi connectivity index (χ0n) is 19.2. The van der Waals surface area contributed by atoms with Gasteiger partial charge in [-0.1, -0.05) is 35.9 Å². The molecule has 1 aromatic heterocycles. The number of carbonyl (C=O) groups excluding carboxylic acids is 1. The number of halogens is 1. The van der Waals surface area contributed by atoms with Crippen LogP contribution in [0.1, 0.15) is 31.2 Å². The van der Waals surface area contributed by atoms with E-state index in [2.05, 4.69) is 56.9 Å². The Morgan fingerprint density at radius 3 is 2.73 bits per heavy atom. The smallest absolute Gasteiger partial charge is 0.227 e. The number of carbonyl (C=O) groups is 1. The van der Waals surface area contributed by atoms with Gasteiger partial charge in [-0.05, 0) is 56.1 Å². The number of rotatable bonds is 5. The molecule has 5 rings (SSSR count). The molecule has 2 aliphatic rings. The second-order valence-electron chi connectivity index (χ2n) is 9.44. The van der Waals surface area contributed by atoms with E-state index < -0.39 is 0 Å². The summed E-state index contributed by atoms with van der Waals surface area (Å²) in [5, 5.41) is 4.18. The molecule has 0 saturated carbocycles. The van der Waals surface area contributed by atoms with Crippen molar-refractivity contribution >= 4 is 28.5 Å². The number of piperazine rings is 1. The summed E-state index contributed by atoms with van der Waals surface area (Å²) in [6, 6.07) is 16.7. The van der Waals surface area contributed by atoms with Crippen LogP contribution in [-0.2, 0) is 17.9 Å². The first-order valence-electron chi connectivity index (χ1n) is 12.0. The van der Waals surface area contributed by atoms with E-state index in [1.165, 1.54) is 5.56 Å². The lowest BCUT2D eigenvalue weighted by Gasteiger charge is -2.38. The summed E-state index contributed by atoms with van der Waals surface area (Å²) < 4.78 is 2.31. The van der Waals surface area contributed by atoms with Crippen molar-refractivity contribution in [3.05, 3.63) is 64.9 Å². The number of likely N-dealkylation sites (tertiary alicyclic amines) is 1. The Balaban J connectivity index is 1.34. The number of benzene rings is 2. The molecular weight excluding hydrogens is 434 g/mol. The van der Waals surface area contributed by atoms with Crippen molar-refractivity contribution in [3.8, 4) is 0 Å². The fourth-order valence-corrected chi connectivity index (χ4v) is 5.31. The SMILES string of the molecule is C[C@@H]1CN(C(=O)[C@H]2CCCN(Cc3nc4ccccc4n3Cc3ccc(Cl)cc3)C2)CCN1. The lowest BCUT2D eigenvalue weighted by atomic mass is 9.96. The van der Waals surface area contributed by atoms with Gasteiger partial charge >= 0.3 is 0 Å². The van der Waals surface area contributed by atoms with Crippen molar-refractivity contribution in [1.82, 2.24) is 24.7 Å². The number of piperidine rings is 1. The predicted octanol–water partition coefficient (Wildman–Crippen LogP) is 3.77. The lowest BCUT2D eigenvalue weighted by molar-refractivity contribution is -0.138. The molecule has 2 fully saturated rings. The summed E-state index contributed by atoms with van der Waals surface area (Å²) in [5.41, 5.74) is 3.35. The highest BCUT2D eigenvalue weighted by Crippen LogP contribution is 2.24. The second kappa shape index (κ2) is 9.84. The Kier molecular flexibility index (Phi) is 6.67. The van der Waals surface area contributed by atoms with Crippen LogP contribution in [0.2, 0.25) is 5.02 Å². The van der Waals surface area contributed by atoms with Gasteiger partial charge in [0, 0.05) is 43.8 Å². The van der Waals surface area contributed by atoms with Gasteiger partial charge in [-0.15, -0.1) is 0 Å². The molecule has 1 N–H and O–H groups in total. The number of amides is 1. The summed E-state index contributed by atoms with van der Waals surface area (Å²) in [6.07, 6.45) is 2.03.